The number of nitrogens with zero attached hydrogens (tertiary/aromatic N) is 3. The summed E-state index contributed by atoms with van der Waals surface area (Å²) in [6.07, 6.45) is -0.846. The molecule has 0 fully saturated rings. The molecule has 2 rings (SSSR count). The van der Waals surface area contributed by atoms with Crippen molar-refractivity contribution in [1.82, 2.24) is 13.9 Å². The van der Waals surface area contributed by atoms with Gasteiger partial charge in [0.1, 0.15) is 0 Å². The molecule has 0 radical (unpaired) electrons. The van der Waals surface area contributed by atoms with Crippen LogP contribution in [0.25, 0.3) is 0 Å². The van der Waals surface area contributed by atoms with Crippen molar-refractivity contribution in [3.05, 3.63) is 21.0 Å². The molecular formula is C6H7N3O4. The molecule has 70 valence electrons. The third-order valence-electron chi connectivity index (χ3n) is 2.02. The SMILES string of the molecule is COC(=O)C1n2c(=O)n(C)c(=O)n21. The van der Waals surface area contributed by atoms with Crippen molar-refractivity contribution in [3.63, 3.8) is 0 Å². The lowest BCUT2D eigenvalue weighted by molar-refractivity contribution is -0.142. The Balaban J connectivity index is 2.51. The van der Waals surface area contributed by atoms with E-state index in [1.807, 2.05) is 0 Å². The summed E-state index contributed by atoms with van der Waals surface area (Å²) in [5.41, 5.74) is -0.999. The van der Waals surface area contributed by atoms with E-state index in [2.05, 4.69) is 4.74 Å². The predicted molar refractivity (Wildman–Crippen MR) is 40.4 cm³/mol. The van der Waals surface area contributed by atoms with Crippen LogP contribution in [-0.2, 0) is 16.6 Å². The van der Waals surface area contributed by atoms with Crippen molar-refractivity contribution >= 4 is 5.97 Å². The molecule has 1 aliphatic heterocycles. The topological polar surface area (TPSA) is 75.2 Å². The number of carbonyl (C=O) groups excluding carboxylic acids is 1. The van der Waals surface area contributed by atoms with Gasteiger partial charge in [-0.3, -0.25) is 0 Å². The summed E-state index contributed by atoms with van der Waals surface area (Å²) in [4.78, 5) is 33.3. The molecule has 0 saturated heterocycles. The largest absolute Gasteiger partial charge is 0.466 e. The first-order valence-electron chi connectivity index (χ1n) is 3.57. The number of ether oxygens (including phenoxy) is 1. The Bertz CT molecular complexity index is 455. The molecule has 2 heterocycles. The molecule has 0 atom stereocenters. The molecule has 0 saturated carbocycles. The fourth-order valence-electron chi connectivity index (χ4n) is 1.26. The Morgan fingerprint density at radius 3 is 2.15 bits per heavy atom. The number of esters is 1. The highest BCUT2D eigenvalue weighted by Crippen LogP contribution is 2.18. The van der Waals surface area contributed by atoms with Crippen LogP contribution in [0.4, 0.5) is 0 Å². The molecule has 0 amide bonds. The van der Waals surface area contributed by atoms with Crippen LogP contribution in [0, 0.1) is 0 Å². The van der Waals surface area contributed by atoms with Gasteiger partial charge in [-0.2, -0.15) is 9.36 Å². The predicted octanol–water partition coefficient (Wildman–Crippen LogP) is -2.12. The lowest BCUT2D eigenvalue weighted by atomic mass is 10.6. The quantitative estimate of drug-likeness (QED) is 0.469. The van der Waals surface area contributed by atoms with Crippen LogP contribution in [0.2, 0.25) is 0 Å². The number of hydrogen-bond donors (Lipinski definition) is 0. The average Bonchev–Trinajstić information content (AvgIpc) is 2.82. The Morgan fingerprint density at radius 1 is 1.31 bits per heavy atom. The molecule has 1 aliphatic rings. The van der Waals surface area contributed by atoms with Crippen molar-refractivity contribution in [2.75, 3.05) is 7.11 Å². The van der Waals surface area contributed by atoms with E-state index in [1.165, 1.54) is 14.2 Å². The molecule has 1 aromatic heterocycles. The first-order chi connectivity index (χ1) is 6.09. The van der Waals surface area contributed by atoms with Crippen LogP contribution >= 0.6 is 0 Å². The fourth-order valence-corrected chi connectivity index (χ4v) is 1.26. The van der Waals surface area contributed by atoms with Crippen molar-refractivity contribution in [2.45, 2.75) is 6.17 Å². The van der Waals surface area contributed by atoms with E-state index in [0.29, 0.717) is 0 Å². The van der Waals surface area contributed by atoms with E-state index in [0.717, 1.165) is 13.9 Å². The lowest BCUT2D eigenvalue weighted by Gasteiger charge is -1.93. The number of hydrogen-bond acceptors (Lipinski definition) is 4. The monoisotopic (exact) mass is 185 g/mol. The second kappa shape index (κ2) is 2.12. The van der Waals surface area contributed by atoms with Gasteiger partial charge in [0, 0.05) is 7.05 Å². The van der Waals surface area contributed by atoms with Crippen LogP contribution in [0.15, 0.2) is 9.59 Å². The zero-order valence-electron chi connectivity index (χ0n) is 7.05. The minimum Gasteiger partial charge on any atom is -0.466 e. The first-order valence-corrected chi connectivity index (χ1v) is 3.57. The van der Waals surface area contributed by atoms with Crippen LogP contribution in [0.5, 0.6) is 0 Å². The van der Waals surface area contributed by atoms with E-state index in [1.54, 1.807) is 0 Å². The summed E-state index contributed by atoms with van der Waals surface area (Å²) >= 11 is 0. The van der Waals surface area contributed by atoms with Crippen LogP contribution in [0.3, 0.4) is 0 Å². The summed E-state index contributed by atoms with van der Waals surface area (Å²) in [5, 5.41) is 0. The van der Waals surface area contributed by atoms with E-state index in [-0.39, 0.29) is 0 Å². The highest BCUT2D eigenvalue weighted by molar-refractivity contribution is 5.75. The van der Waals surface area contributed by atoms with Crippen molar-refractivity contribution in [1.29, 1.82) is 0 Å². The number of methoxy groups -OCH3 is 1. The van der Waals surface area contributed by atoms with E-state index in [9.17, 15) is 14.4 Å². The Hall–Kier alpha value is -1.79. The van der Waals surface area contributed by atoms with Crippen LogP contribution < -0.4 is 11.4 Å². The molecule has 0 unspecified atom stereocenters. The standard InChI is InChI=1S/C6H7N3O4/c1-7-5(11)8-3(4(10)13-2)9(8)6(7)12/h3H,1-2H3. The summed E-state index contributed by atoms with van der Waals surface area (Å²) in [6.45, 7) is 0. The Kier molecular flexibility index (Phi) is 1.28. The van der Waals surface area contributed by atoms with Gasteiger partial charge in [0.05, 0.1) is 7.11 Å². The minimum absolute atomic E-state index is 0.500. The van der Waals surface area contributed by atoms with Gasteiger partial charge in [-0.05, 0) is 0 Å². The third kappa shape index (κ3) is 0.754. The number of carbonyl (C=O) groups is 1. The van der Waals surface area contributed by atoms with E-state index >= 15 is 0 Å². The highest BCUT2D eigenvalue weighted by Gasteiger charge is 2.45. The number of aromatic nitrogens is 3. The van der Waals surface area contributed by atoms with Crippen LogP contribution in [-0.4, -0.2) is 27.0 Å². The smallest absolute Gasteiger partial charge is 0.353 e. The summed E-state index contributed by atoms with van der Waals surface area (Å²) in [5.74, 6) is -0.602. The molecule has 0 aliphatic carbocycles. The van der Waals surface area contributed by atoms with Gasteiger partial charge < -0.3 is 4.74 Å². The second-order valence-electron chi connectivity index (χ2n) is 2.71. The summed E-state index contributed by atoms with van der Waals surface area (Å²) in [7, 11) is 2.56. The lowest BCUT2D eigenvalue weighted by Crippen LogP contribution is -2.31. The minimum atomic E-state index is -0.846. The Morgan fingerprint density at radius 2 is 1.77 bits per heavy atom. The highest BCUT2D eigenvalue weighted by atomic mass is 16.5. The van der Waals surface area contributed by atoms with Crippen molar-refractivity contribution < 1.29 is 9.53 Å². The zero-order valence-corrected chi connectivity index (χ0v) is 7.05. The van der Waals surface area contributed by atoms with Gasteiger partial charge in [0.25, 0.3) is 0 Å². The van der Waals surface area contributed by atoms with Crippen molar-refractivity contribution in [2.24, 2.45) is 7.05 Å². The molecule has 0 bridgehead atoms. The van der Waals surface area contributed by atoms with Crippen molar-refractivity contribution in [3.8, 4) is 0 Å². The van der Waals surface area contributed by atoms with Crippen LogP contribution in [0.1, 0.15) is 6.17 Å². The van der Waals surface area contributed by atoms with Gasteiger partial charge in [0.2, 0.25) is 6.17 Å². The second-order valence-corrected chi connectivity index (χ2v) is 2.71. The molecule has 0 spiro atoms. The molecule has 0 N–H and O–H groups in total. The average molecular weight is 185 g/mol. The van der Waals surface area contributed by atoms with Gasteiger partial charge in [-0.25, -0.2) is 19.0 Å². The molecule has 13 heavy (non-hydrogen) atoms. The van der Waals surface area contributed by atoms with E-state index in [4.69, 9.17) is 0 Å². The van der Waals surface area contributed by atoms with Gasteiger partial charge in [-0.1, -0.05) is 0 Å². The zero-order chi connectivity index (χ0) is 9.75. The maximum Gasteiger partial charge on any atom is 0.353 e. The number of fused-ring (bicyclic) bond motifs is 1. The van der Waals surface area contributed by atoms with E-state index < -0.39 is 23.5 Å². The third-order valence-corrected chi connectivity index (χ3v) is 2.02. The maximum atomic E-state index is 11.2. The first kappa shape index (κ1) is 7.84. The Labute approximate surface area is 71.7 Å². The molecule has 7 heteroatoms. The van der Waals surface area contributed by atoms with Gasteiger partial charge in [0.15, 0.2) is 0 Å². The maximum absolute atomic E-state index is 11.2. The molecular weight excluding hydrogens is 178 g/mol. The molecule has 7 nitrogen and oxygen atoms in total. The molecule has 1 aromatic rings. The number of rotatable bonds is 1. The normalized spacial score (nSPS) is 14.0. The van der Waals surface area contributed by atoms with Gasteiger partial charge >= 0.3 is 17.3 Å². The van der Waals surface area contributed by atoms with Gasteiger partial charge in [-0.15, -0.1) is 0 Å². The summed E-state index contributed by atoms with van der Waals surface area (Å²) in [6, 6.07) is 0. The molecule has 0 aromatic carbocycles. The fraction of sp³-hybridized carbons (Fsp3) is 0.500. The summed E-state index contributed by atoms with van der Waals surface area (Å²) < 4.78 is 7.43.